The first-order chi connectivity index (χ1) is 9.45. The third kappa shape index (κ3) is 4.07. The zero-order valence-electron chi connectivity index (χ0n) is 13.5. The molecule has 2 nitrogen and oxygen atoms in total. The maximum absolute atomic E-state index is 6.17. The lowest BCUT2D eigenvalue weighted by Crippen LogP contribution is -2.47. The first-order valence-electron chi connectivity index (χ1n) is 8.04. The third-order valence-electron chi connectivity index (χ3n) is 4.37. The van der Waals surface area contributed by atoms with Crippen LogP contribution < -0.4 is 5.73 Å². The van der Waals surface area contributed by atoms with E-state index in [4.69, 9.17) is 5.73 Å². The van der Waals surface area contributed by atoms with Crippen LogP contribution >= 0.6 is 0 Å². The van der Waals surface area contributed by atoms with Crippen molar-refractivity contribution in [2.24, 2.45) is 17.6 Å². The molecule has 1 fully saturated rings. The maximum atomic E-state index is 6.17. The quantitative estimate of drug-likeness (QED) is 0.908. The van der Waals surface area contributed by atoms with Gasteiger partial charge in [-0.25, -0.2) is 0 Å². The number of rotatable bonds is 4. The fourth-order valence-corrected chi connectivity index (χ4v) is 3.37. The van der Waals surface area contributed by atoms with Crippen LogP contribution in [0.1, 0.15) is 51.3 Å². The summed E-state index contributed by atoms with van der Waals surface area (Å²) in [5.74, 6) is 1.43. The van der Waals surface area contributed by atoms with Gasteiger partial charge in [-0.05, 0) is 42.7 Å². The number of nitrogens with zero attached hydrogens (tertiary/aromatic N) is 1. The van der Waals surface area contributed by atoms with Crippen LogP contribution in [0.25, 0.3) is 0 Å². The van der Waals surface area contributed by atoms with Crippen LogP contribution in [0, 0.1) is 11.8 Å². The molecule has 0 amide bonds. The molecule has 2 heteroatoms. The van der Waals surface area contributed by atoms with Crippen LogP contribution in [0.15, 0.2) is 24.3 Å². The molecule has 1 aliphatic heterocycles. The van der Waals surface area contributed by atoms with Gasteiger partial charge in [-0.2, -0.15) is 0 Å². The molecule has 0 saturated carbocycles. The standard InChI is InChI=1S/C18H30N2/c1-13(2)9-16-5-7-17(8-6-16)15(4)20-11-14(3)10-18(19)12-20/h5-8,13-15,18H,9-12,19H2,1-4H3. The van der Waals surface area contributed by atoms with Gasteiger partial charge >= 0.3 is 0 Å². The highest BCUT2D eigenvalue weighted by atomic mass is 15.2. The van der Waals surface area contributed by atoms with Crippen LogP contribution in [-0.4, -0.2) is 24.0 Å². The molecule has 3 unspecified atom stereocenters. The molecule has 2 rings (SSSR count). The normalized spacial score (nSPS) is 25.9. The Kier molecular flexibility index (Phi) is 5.22. The van der Waals surface area contributed by atoms with Gasteiger partial charge in [-0.1, -0.05) is 45.0 Å². The minimum Gasteiger partial charge on any atom is -0.327 e. The SMILES string of the molecule is CC(C)Cc1ccc(C(C)N2CC(C)CC(N)C2)cc1. The Labute approximate surface area is 124 Å². The molecular formula is C18H30N2. The lowest BCUT2D eigenvalue weighted by atomic mass is 9.93. The van der Waals surface area contributed by atoms with Gasteiger partial charge in [-0.15, -0.1) is 0 Å². The highest BCUT2D eigenvalue weighted by Crippen LogP contribution is 2.26. The Balaban J connectivity index is 2.03. The van der Waals surface area contributed by atoms with Gasteiger partial charge < -0.3 is 5.73 Å². The molecule has 1 saturated heterocycles. The second kappa shape index (κ2) is 6.73. The number of hydrogen-bond acceptors (Lipinski definition) is 2. The summed E-state index contributed by atoms with van der Waals surface area (Å²) in [5.41, 5.74) is 9.03. The average molecular weight is 274 g/mol. The highest BCUT2D eigenvalue weighted by Gasteiger charge is 2.26. The Morgan fingerprint density at radius 2 is 1.80 bits per heavy atom. The van der Waals surface area contributed by atoms with E-state index in [1.54, 1.807) is 0 Å². The Morgan fingerprint density at radius 1 is 1.15 bits per heavy atom. The average Bonchev–Trinajstić information content (AvgIpc) is 2.37. The minimum atomic E-state index is 0.335. The molecular weight excluding hydrogens is 244 g/mol. The summed E-state index contributed by atoms with van der Waals surface area (Å²) in [5, 5.41) is 0. The predicted octanol–water partition coefficient (Wildman–Crippen LogP) is 3.62. The lowest BCUT2D eigenvalue weighted by Gasteiger charge is -2.38. The second-order valence-corrected chi connectivity index (χ2v) is 7.07. The van der Waals surface area contributed by atoms with Gasteiger partial charge in [0.15, 0.2) is 0 Å². The molecule has 3 atom stereocenters. The molecule has 1 aromatic carbocycles. The van der Waals surface area contributed by atoms with Crippen LogP contribution in [0.2, 0.25) is 0 Å². The molecule has 0 radical (unpaired) electrons. The molecule has 0 spiro atoms. The van der Waals surface area contributed by atoms with Crippen molar-refractivity contribution in [1.29, 1.82) is 0 Å². The maximum Gasteiger partial charge on any atom is 0.0320 e. The van der Waals surface area contributed by atoms with Gasteiger partial charge in [0.2, 0.25) is 0 Å². The van der Waals surface area contributed by atoms with Gasteiger partial charge in [0, 0.05) is 25.2 Å². The largest absolute Gasteiger partial charge is 0.327 e. The van der Waals surface area contributed by atoms with Crippen molar-refractivity contribution in [1.82, 2.24) is 4.90 Å². The van der Waals surface area contributed by atoms with Crippen molar-refractivity contribution in [3.8, 4) is 0 Å². The summed E-state index contributed by atoms with van der Waals surface area (Å²) in [7, 11) is 0. The van der Waals surface area contributed by atoms with E-state index in [2.05, 4.69) is 56.9 Å². The zero-order valence-corrected chi connectivity index (χ0v) is 13.5. The smallest absolute Gasteiger partial charge is 0.0320 e. The minimum absolute atomic E-state index is 0.335. The number of likely N-dealkylation sites (tertiary alicyclic amines) is 1. The first kappa shape index (κ1) is 15.5. The van der Waals surface area contributed by atoms with E-state index in [0.717, 1.165) is 18.9 Å². The van der Waals surface area contributed by atoms with E-state index in [-0.39, 0.29) is 0 Å². The summed E-state index contributed by atoms with van der Waals surface area (Å²) in [4.78, 5) is 2.54. The van der Waals surface area contributed by atoms with E-state index in [0.29, 0.717) is 18.0 Å². The number of benzene rings is 1. The van der Waals surface area contributed by atoms with Crippen LogP contribution in [0.3, 0.4) is 0 Å². The number of piperidine rings is 1. The second-order valence-electron chi connectivity index (χ2n) is 7.07. The van der Waals surface area contributed by atoms with E-state index in [1.165, 1.54) is 24.1 Å². The van der Waals surface area contributed by atoms with Crippen molar-refractivity contribution in [2.75, 3.05) is 13.1 Å². The van der Waals surface area contributed by atoms with Crippen LogP contribution in [0.4, 0.5) is 0 Å². The van der Waals surface area contributed by atoms with E-state index in [9.17, 15) is 0 Å². The van der Waals surface area contributed by atoms with Crippen LogP contribution in [0.5, 0.6) is 0 Å². The van der Waals surface area contributed by atoms with Crippen molar-refractivity contribution >= 4 is 0 Å². The molecule has 0 aromatic heterocycles. The Hall–Kier alpha value is -0.860. The molecule has 1 aromatic rings. The highest BCUT2D eigenvalue weighted by molar-refractivity contribution is 5.25. The van der Waals surface area contributed by atoms with E-state index >= 15 is 0 Å². The zero-order chi connectivity index (χ0) is 14.7. The Bertz CT molecular complexity index is 400. The molecule has 0 aliphatic carbocycles. The van der Waals surface area contributed by atoms with E-state index in [1.807, 2.05) is 0 Å². The van der Waals surface area contributed by atoms with Gasteiger partial charge in [0.1, 0.15) is 0 Å². The summed E-state index contributed by atoms with van der Waals surface area (Å²) in [6.07, 6.45) is 2.33. The predicted molar refractivity (Wildman–Crippen MR) is 86.7 cm³/mol. The molecule has 0 bridgehead atoms. The topological polar surface area (TPSA) is 29.3 Å². The van der Waals surface area contributed by atoms with Gasteiger partial charge in [-0.3, -0.25) is 4.90 Å². The number of hydrogen-bond donors (Lipinski definition) is 1. The van der Waals surface area contributed by atoms with E-state index < -0.39 is 0 Å². The van der Waals surface area contributed by atoms with Crippen molar-refractivity contribution < 1.29 is 0 Å². The summed E-state index contributed by atoms with van der Waals surface area (Å²) >= 11 is 0. The molecule has 1 aliphatic rings. The number of nitrogens with two attached hydrogens (primary N) is 1. The summed E-state index contributed by atoms with van der Waals surface area (Å²) < 4.78 is 0. The fraction of sp³-hybridized carbons (Fsp3) is 0.667. The van der Waals surface area contributed by atoms with Crippen molar-refractivity contribution in [2.45, 2.75) is 52.6 Å². The monoisotopic (exact) mass is 274 g/mol. The Morgan fingerprint density at radius 3 is 2.35 bits per heavy atom. The molecule has 2 N–H and O–H groups in total. The third-order valence-corrected chi connectivity index (χ3v) is 4.37. The van der Waals surface area contributed by atoms with Crippen LogP contribution in [-0.2, 0) is 6.42 Å². The fourth-order valence-electron chi connectivity index (χ4n) is 3.37. The van der Waals surface area contributed by atoms with Crippen molar-refractivity contribution in [3.05, 3.63) is 35.4 Å². The van der Waals surface area contributed by atoms with Crippen molar-refractivity contribution in [3.63, 3.8) is 0 Å². The van der Waals surface area contributed by atoms with Gasteiger partial charge in [0.25, 0.3) is 0 Å². The molecule has 20 heavy (non-hydrogen) atoms. The summed E-state index contributed by atoms with van der Waals surface area (Å²) in [6, 6.07) is 9.98. The molecule has 1 heterocycles. The lowest BCUT2D eigenvalue weighted by molar-refractivity contribution is 0.124. The molecule has 112 valence electrons. The summed E-state index contributed by atoms with van der Waals surface area (Å²) in [6.45, 7) is 11.4. The van der Waals surface area contributed by atoms with Gasteiger partial charge in [0.05, 0.1) is 0 Å². The first-order valence-corrected chi connectivity index (χ1v) is 8.04.